The van der Waals surface area contributed by atoms with Crippen molar-refractivity contribution in [2.75, 3.05) is 12.8 Å². The van der Waals surface area contributed by atoms with E-state index in [9.17, 15) is 0 Å². The number of methoxy groups -OCH3 is 1. The van der Waals surface area contributed by atoms with Gasteiger partial charge in [0.05, 0.1) is 12.8 Å². The van der Waals surface area contributed by atoms with Gasteiger partial charge in [-0.2, -0.15) is 0 Å². The zero-order valence-corrected chi connectivity index (χ0v) is 9.93. The first-order valence-electron chi connectivity index (χ1n) is 4.56. The molecule has 0 heterocycles. The molecule has 1 rings (SSSR count). The number of benzene rings is 1. The second-order valence-electron chi connectivity index (χ2n) is 3.62. The van der Waals surface area contributed by atoms with Crippen molar-refractivity contribution in [3.8, 4) is 5.75 Å². The predicted molar refractivity (Wildman–Crippen MR) is 62.9 cm³/mol. The Bertz CT molecular complexity index is 271. The summed E-state index contributed by atoms with van der Waals surface area (Å²) in [7, 11) is 1.56. The zero-order valence-electron chi connectivity index (χ0n) is 9.17. The average Bonchev–Trinajstić information content (AvgIpc) is 2.08. The first kappa shape index (κ1) is 13.1. The Kier molecular flexibility index (Phi) is 6.13. The van der Waals surface area contributed by atoms with E-state index in [0.29, 0.717) is 16.5 Å². The van der Waals surface area contributed by atoms with E-state index in [-0.39, 0.29) is 0 Å². The minimum absolute atomic E-state index is 0.604. The molecule has 0 aromatic heterocycles. The summed E-state index contributed by atoms with van der Waals surface area (Å²) in [5.74, 6) is 1.45. The monoisotopic (exact) mass is 215 g/mol. The highest BCUT2D eigenvalue weighted by atomic mass is 35.5. The van der Waals surface area contributed by atoms with E-state index in [4.69, 9.17) is 22.1 Å². The van der Waals surface area contributed by atoms with Crippen LogP contribution in [0.4, 0.5) is 5.69 Å². The van der Waals surface area contributed by atoms with Crippen LogP contribution in [0.3, 0.4) is 0 Å². The fraction of sp³-hybridized carbons (Fsp3) is 0.455. The third-order valence-corrected chi connectivity index (χ3v) is 1.43. The Morgan fingerprint density at radius 3 is 2.14 bits per heavy atom. The molecule has 1 aromatic carbocycles. The Morgan fingerprint density at radius 1 is 1.29 bits per heavy atom. The summed E-state index contributed by atoms with van der Waals surface area (Å²) in [6, 6.07) is 5.11. The minimum atomic E-state index is 0.604. The molecule has 0 spiro atoms. The molecule has 0 aliphatic carbocycles. The molecule has 80 valence electrons. The molecule has 0 fully saturated rings. The number of nitrogen functional groups attached to an aromatic ring is 1. The van der Waals surface area contributed by atoms with Gasteiger partial charge in [-0.25, -0.2) is 0 Å². The van der Waals surface area contributed by atoms with Crippen molar-refractivity contribution in [2.45, 2.75) is 20.8 Å². The number of anilines is 1. The highest BCUT2D eigenvalue weighted by Crippen LogP contribution is 2.24. The predicted octanol–water partition coefficient (Wildman–Crippen LogP) is 3.59. The lowest BCUT2D eigenvalue weighted by molar-refractivity contribution is 0.417. The van der Waals surface area contributed by atoms with Crippen LogP contribution in [-0.4, -0.2) is 7.11 Å². The number of nitrogens with two attached hydrogens (primary N) is 1. The lowest BCUT2D eigenvalue weighted by Crippen LogP contribution is -1.90. The molecular weight excluding hydrogens is 198 g/mol. The van der Waals surface area contributed by atoms with Gasteiger partial charge < -0.3 is 10.5 Å². The molecule has 0 saturated carbocycles. The van der Waals surface area contributed by atoms with E-state index in [1.807, 2.05) is 0 Å². The Labute approximate surface area is 91.0 Å². The molecule has 0 atom stereocenters. The van der Waals surface area contributed by atoms with Crippen molar-refractivity contribution in [1.82, 2.24) is 0 Å². The summed E-state index contributed by atoms with van der Waals surface area (Å²) in [5, 5.41) is 0.631. The van der Waals surface area contributed by atoms with Crippen molar-refractivity contribution < 1.29 is 4.74 Å². The van der Waals surface area contributed by atoms with E-state index in [0.717, 1.165) is 5.92 Å². The van der Waals surface area contributed by atoms with E-state index in [1.54, 1.807) is 25.3 Å². The lowest BCUT2D eigenvalue weighted by Gasteiger charge is -2.02. The summed E-state index contributed by atoms with van der Waals surface area (Å²) in [5.41, 5.74) is 6.12. The fourth-order valence-electron chi connectivity index (χ4n) is 0.685. The van der Waals surface area contributed by atoms with Crippen molar-refractivity contribution in [1.29, 1.82) is 0 Å². The molecule has 0 radical (unpaired) electrons. The summed E-state index contributed by atoms with van der Waals surface area (Å²) < 4.78 is 4.92. The minimum Gasteiger partial charge on any atom is -0.495 e. The quantitative estimate of drug-likeness (QED) is 0.727. The first-order chi connectivity index (χ1) is 6.47. The second kappa shape index (κ2) is 6.55. The summed E-state index contributed by atoms with van der Waals surface area (Å²) in [4.78, 5) is 0. The van der Waals surface area contributed by atoms with Gasteiger partial charge in [-0.3, -0.25) is 0 Å². The van der Waals surface area contributed by atoms with Gasteiger partial charge in [0, 0.05) is 11.1 Å². The number of hydrogen-bond donors (Lipinski definition) is 1. The van der Waals surface area contributed by atoms with Crippen LogP contribution in [0.25, 0.3) is 0 Å². The van der Waals surface area contributed by atoms with Gasteiger partial charge in [0.2, 0.25) is 0 Å². The molecule has 14 heavy (non-hydrogen) atoms. The molecule has 0 amide bonds. The maximum absolute atomic E-state index is 5.66. The van der Waals surface area contributed by atoms with Gasteiger partial charge in [0.25, 0.3) is 0 Å². The SMILES string of the molecule is CC(C)C.COc1cc(Cl)ccc1N. The van der Waals surface area contributed by atoms with Gasteiger partial charge in [-0.05, 0) is 18.1 Å². The average molecular weight is 216 g/mol. The van der Waals surface area contributed by atoms with E-state index in [1.165, 1.54) is 0 Å². The maximum atomic E-state index is 5.66. The fourth-order valence-corrected chi connectivity index (χ4v) is 0.847. The van der Waals surface area contributed by atoms with Crippen LogP contribution in [0.5, 0.6) is 5.75 Å². The smallest absolute Gasteiger partial charge is 0.143 e. The topological polar surface area (TPSA) is 35.2 Å². The molecule has 0 unspecified atom stereocenters. The van der Waals surface area contributed by atoms with E-state index < -0.39 is 0 Å². The Morgan fingerprint density at radius 2 is 1.79 bits per heavy atom. The van der Waals surface area contributed by atoms with E-state index >= 15 is 0 Å². The second-order valence-corrected chi connectivity index (χ2v) is 4.05. The van der Waals surface area contributed by atoms with Gasteiger partial charge in [-0.15, -0.1) is 0 Å². The number of hydrogen-bond acceptors (Lipinski definition) is 2. The number of rotatable bonds is 1. The zero-order chi connectivity index (χ0) is 11.1. The van der Waals surface area contributed by atoms with Crippen LogP contribution in [0.2, 0.25) is 5.02 Å². The normalized spacial score (nSPS) is 9.29. The Hall–Kier alpha value is -0.890. The molecule has 0 aliphatic rings. The van der Waals surface area contributed by atoms with Crippen LogP contribution in [0, 0.1) is 5.92 Å². The van der Waals surface area contributed by atoms with Crippen LogP contribution in [0.1, 0.15) is 20.8 Å². The highest BCUT2D eigenvalue weighted by Gasteiger charge is 1.97. The molecular formula is C11H18ClNO. The van der Waals surface area contributed by atoms with Crippen molar-refractivity contribution >= 4 is 17.3 Å². The maximum Gasteiger partial charge on any atom is 0.143 e. The molecule has 3 heteroatoms. The van der Waals surface area contributed by atoms with E-state index in [2.05, 4.69) is 20.8 Å². The Balaban J connectivity index is 0.000000364. The largest absolute Gasteiger partial charge is 0.495 e. The third kappa shape index (κ3) is 5.70. The summed E-state index contributed by atoms with van der Waals surface area (Å²) in [6.45, 7) is 6.50. The van der Waals surface area contributed by atoms with Crippen molar-refractivity contribution in [2.24, 2.45) is 5.92 Å². The standard InChI is InChI=1S/C7H8ClNO.C4H10/c1-10-7-4-5(8)2-3-6(7)9;1-4(2)3/h2-4H,9H2,1H3;4H,1-3H3. The molecule has 0 saturated heterocycles. The van der Waals surface area contributed by atoms with Crippen LogP contribution >= 0.6 is 11.6 Å². The summed E-state index contributed by atoms with van der Waals surface area (Å²) >= 11 is 5.66. The van der Waals surface area contributed by atoms with Gasteiger partial charge in [-0.1, -0.05) is 32.4 Å². The first-order valence-corrected chi connectivity index (χ1v) is 4.94. The summed E-state index contributed by atoms with van der Waals surface area (Å²) in [6.07, 6.45) is 0. The van der Waals surface area contributed by atoms with Gasteiger partial charge in [0.1, 0.15) is 5.75 Å². The molecule has 1 aromatic rings. The lowest BCUT2D eigenvalue weighted by atomic mass is 10.3. The van der Waals surface area contributed by atoms with Crippen molar-refractivity contribution in [3.05, 3.63) is 23.2 Å². The third-order valence-electron chi connectivity index (χ3n) is 1.20. The molecule has 2 N–H and O–H groups in total. The molecule has 0 bridgehead atoms. The van der Waals surface area contributed by atoms with Crippen LogP contribution in [-0.2, 0) is 0 Å². The molecule has 2 nitrogen and oxygen atoms in total. The van der Waals surface area contributed by atoms with Crippen molar-refractivity contribution in [3.63, 3.8) is 0 Å². The number of halogens is 1. The molecule has 0 aliphatic heterocycles. The van der Waals surface area contributed by atoms with Crippen LogP contribution in [0.15, 0.2) is 18.2 Å². The highest BCUT2D eigenvalue weighted by molar-refractivity contribution is 6.30. The van der Waals surface area contributed by atoms with Gasteiger partial charge >= 0.3 is 0 Å². The van der Waals surface area contributed by atoms with Gasteiger partial charge in [0.15, 0.2) is 0 Å². The van der Waals surface area contributed by atoms with Crippen LogP contribution < -0.4 is 10.5 Å². The number of ether oxygens (including phenoxy) is 1.